The molecule has 3 aromatic rings. The Balaban J connectivity index is 1.55. The van der Waals surface area contributed by atoms with E-state index < -0.39 is 0 Å². The molecule has 102 valence electrons. The summed E-state index contributed by atoms with van der Waals surface area (Å²) in [5, 5.41) is 4.69. The van der Waals surface area contributed by atoms with Crippen molar-refractivity contribution in [3.05, 3.63) is 71.5 Å². The summed E-state index contributed by atoms with van der Waals surface area (Å²) in [4.78, 5) is 0. The molecule has 0 atom stereocenters. The Morgan fingerprint density at radius 1 is 1.05 bits per heavy atom. The standard InChI is InChI=1S/C18H19NO/c1-14-5-4-6-15(11-14)9-10-19-12-16-13-20-18-8-3-2-7-17(16)18/h2-8,11,13,19H,9-10,12H2,1H3. The van der Waals surface area contributed by atoms with Crippen molar-refractivity contribution in [1.82, 2.24) is 5.32 Å². The molecule has 0 spiro atoms. The molecule has 2 nitrogen and oxygen atoms in total. The van der Waals surface area contributed by atoms with Gasteiger partial charge in [-0.1, -0.05) is 48.0 Å². The van der Waals surface area contributed by atoms with Crippen LogP contribution < -0.4 is 5.32 Å². The zero-order chi connectivity index (χ0) is 13.8. The van der Waals surface area contributed by atoms with Crippen LogP contribution in [0.2, 0.25) is 0 Å². The molecule has 0 aliphatic carbocycles. The van der Waals surface area contributed by atoms with Gasteiger partial charge in [-0.05, 0) is 31.5 Å². The zero-order valence-electron chi connectivity index (χ0n) is 11.7. The van der Waals surface area contributed by atoms with E-state index in [-0.39, 0.29) is 0 Å². The number of benzene rings is 2. The third-order valence-electron chi connectivity index (χ3n) is 3.55. The van der Waals surface area contributed by atoms with Crippen LogP contribution in [0.1, 0.15) is 16.7 Å². The van der Waals surface area contributed by atoms with E-state index in [9.17, 15) is 0 Å². The predicted molar refractivity (Wildman–Crippen MR) is 82.8 cm³/mol. The highest BCUT2D eigenvalue weighted by atomic mass is 16.3. The van der Waals surface area contributed by atoms with E-state index in [1.807, 2.05) is 24.5 Å². The van der Waals surface area contributed by atoms with E-state index >= 15 is 0 Å². The molecule has 0 saturated carbocycles. The van der Waals surface area contributed by atoms with Gasteiger partial charge < -0.3 is 9.73 Å². The lowest BCUT2D eigenvalue weighted by molar-refractivity contribution is 0.602. The number of furan rings is 1. The van der Waals surface area contributed by atoms with Crippen LogP contribution in [0.5, 0.6) is 0 Å². The Labute approximate surface area is 119 Å². The maximum absolute atomic E-state index is 5.54. The highest BCUT2D eigenvalue weighted by molar-refractivity contribution is 5.80. The second kappa shape index (κ2) is 5.93. The number of para-hydroxylation sites is 1. The molecule has 0 bridgehead atoms. The summed E-state index contributed by atoms with van der Waals surface area (Å²) in [5.41, 5.74) is 4.89. The molecule has 3 rings (SSSR count). The van der Waals surface area contributed by atoms with Crippen molar-refractivity contribution in [3.63, 3.8) is 0 Å². The van der Waals surface area contributed by atoms with Gasteiger partial charge in [-0.3, -0.25) is 0 Å². The van der Waals surface area contributed by atoms with Crippen LogP contribution in [0.25, 0.3) is 11.0 Å². The average Bonchev–Trinajstić information content (AvgIpc) is 2.87. The summed E-state index contributed by atoms with van der Waals surface area (Å²) >= 11 is 0. The number of hydrogen-bond acceptors (Lipinski definition) is 2. The van der Waals surface area contributed by atoms with E-state index in [1.54, 1.807) is 0 Å². The number of aryl methyl sites for hydroxylation is 1. The van der Waals surface area contributed by atoms with Gasteiger partial charge in [0.15, 0.2) is 0 Å². The summed E-state index contributed by atoms with van der Waals surface area (Å²) in [6.45, 7) is 3.96. The van der Waals surface area contributed by atoms with Gasteiger partial charge in [0.1, 0.15) is 5.58 Å². The van der Waals surface area contributed by atoms with Crippen molar-refractivity contribution in [3.8, 4) is 0 Å². The second-order valence-electron chi connectivity index (χ2n) is 5.17. The van der Waals surface area contributed by atoms with Crippen molar-refractivity contribution in [2.75, 3.05) is 6.54 Å². The van der Waals surface area contributed by atoms with Crippen molar-refractivity contribution < 1.29 is 4.42 Å². The fraction of sp³-hybridized carbons (Fsp3) is 0.222. The molecule has 0 unspecified atom stereocenters. The van der Waals surface area contributed by atoms with Gasteiger partial charge in [-0.15, -0.1) is 0 Å². The van der Waals surface area contributed by atoms with Crippen molar-refractivity contribution in [2.24, 2.45) is 0 Å². The number of hydrogen-bond donors (Lipinski definition) is 1. The molecular weight excluding hydrogens is 246 g/mol. The predicted octanol–water partition coefficient (Wildman–Crippen LogP) is 4.07. The summed E-state index contributed by atoms with van der Waals surface area (Å²) in [5.74, 6) is 0. The average molecular weight is 265 g/mol. The fourth-order valence-corrected chi connectivity index (χ4v) is 2.49. The Kier molecular flexibility index (Phi) is 3.84. The molecule has 0 aliphatic rings. The van der Waals surface area contributed by atoms with Crippen molar-refractivity contribution in [1.29, 1.82) is 0 Å². The normalized spacial score (nSPS) is 11.1. The summed E-state index contributed by atoms with van der Waals surface area (Å²) in [7, 11) is 0. The van der Waals surface area contributed by atoms with Crippen LogP contribution >= 0.6 is 0 Å². The highest BCUT2D eigenvalue weighted by Crippen LogP contribution is 2.20. The van der Waals surface area contributed by atoms with E-state index in [2.05, 4.69) is 42.6 Å². The molecule has 0 amide bonds. The lowest BCUT2D eigenvalue weighted by Gasteiger charge is -2.04. The number of rotatable bonds is 5. The summed E-state index contributed by atoms with van der Waals surface area (Å²) in [6, 6.07) is 16.8. The first-order valence-electron chi connectivity index (χ1n) is 7.04. The van der Waals surface area contributed by atoms with Crippen LogP contribution in [-0.2, 0) is 13.0 Å². The maximum Gasteiger partial charge on any atom is 0.134 e. The Bertz CT molecular complexity index is 699. The molecule has 0 aliphatic heterocycles. The topological polar surface area (TPSA) is 25.2 Å². The minimum atomic E-state index is 0.850. The van der Waals surface area contributed by atoms with Gasteiger partial charge in [-0.25, -0.2) is 0 Å². The zero-order valence-corrected chi connectivity index (χ0v) is 11.7. The lowest BCUT2D eigenvalue weighted by Crippen LogP contribution is -2.16. The number of nitrogens with one attached hydrogen (secondary N) is 1. The second-order valence-corrected chi connectivity index (χ2v) is 5.17. The Hall–Kier alpha value is -2.06. The summed E-state index contributed by atoms with van der Waals surface area (Å²) < 4.78 is 5.54. The fourth-order valence-electron chi connectivity index (χ4n) is 2.49. The van der Waals surface area contributed by atoms with Gasteiger partial charge in [-0.2, -0.15) is 0 Å². The van der Waals surface area contributed by atoms with Crippen LogP contribution in [0.4, 0.5) is 0 Å². The smallest absolute Gasteiger partial charge is 0.134 e. The first-order chi connectivity index (χ1) is 9.83. The van der Waals surface area contributed by atoms with E-state index in [0.717, 1.165) is 25.1 Å². The third-order valence-corrected chi connectivity index (χ3v) is 3.55. The summed E-state index contributed by atoms with van der Waals surface area (Å²) in [6.07, 6.45) is 2.90. The van der Waals surface area contributed by atoms with Crippen LogP contribution in [-0.4, -0.2) is 6.54 Å². The van der Waals surface area contributed by atoms with Crippen LogP contribution in [0.3, 0.4) is 0 Å². The highest BCUT2D eigenvalue weighted by Gasteiger charge is 2.03. The van der Waals surface area contributed by atoms with Gasteiger partial charge in [0.2, 0.25) is 0 Å². The molecule has 1 aromatic heterocycles. The van der Waals surface area contributed by atoms with E-state index in [0.29, 0.717) is 0 Å². The molecule has 20 heavy (non-hydrogen) atoms. The molecule has 2 aromatic carbocycles. The largest absolute Gasteiger partial charge is 0.464 e. The molecule has 1 N–H and O–H groups in total. The SMILES string of the molecule is Cc1cccc(CCNCc2coc3ccccc23)c1. The van der Waals surface area contributed by atoms with E-state index in [1.165, 1.54) is 22.1 Å². The first kappa shape index (κ1) is 12.9. The lowest BCUT2D eigenvalue weighted by atomic mass is 10.1. The minimum absolute atomic E-state index is 0.850. The Morgan fingerprint density at radius 2 is 1.95 bits per heavy atom. The van der Waals surface area contributed by atoms with Gasteiger partial charge in [0.25, 0.3) is 0 Å². The van der Waals surface area contributed by atoms with Crippen molar-refractivity contribution >= 4 is 11.0 Å². The first-order valence-corrected chi connectivity index (χ1v) is 7.04. The van der Waals surface area contributed by atoms with Crippen LogP contribution in [0, 0.1) is 6.92 Å². The van der Waals surface area contributed by atoms with Crippen LogP contribution in [0.15, 0.2) is 59.2 Å². The van der Waals surface area contributed by atoms with E-state index in [4.69, 9.17) is 4.42 Å². The molecule has 0 fully saturated rings. The van der Waals surface area contributed by atoms with Gasteiger partial charge >= 0.3 is 0 Å². The third kappa shape index (κ3) is 2.91. The minimum Gasteiger partial charge on any atom is -0.464 e. The monoisotopic (exact) mass is 265 g/mol. The molecule has 0 radical (unpaired) electrons. The molecule has 1 heterocycles. The van der Waals surface area contributed by atoms with Gasteiger partial charge in [0, 0.05) is 17.5 Å². The quantitative estimate of drug-likeness (QED) is 0.703. The number of fused-ring (bicyclic) bond motifs is 1. The molecule has 0 saturated heterocycles. The van der Waals surface area contributed by atoms with Crippen molar-refractivity contribution in [2.45, 2.75) is 19.9 Å². The van der Waals surface area contributed by atoms with Gasteiger partial charge in [0.05, 0.1) is 6.26 Å². The molecular formula is C18H19NO. The maximum atomic E-state index is 5.54. The Morgan fingerprint density at radius 3 is 2.85 bits per heavy atom. The molecule has 2 heteroatoms.